The minimum absolute atomic E-state index is 0.0979. The quantitative estimate of drug-likeness (QED) is 0.0259. The van der Waals surface area contributed by atoms with Crippen LogP contribution in [0.15, 0.2) is 72.0 Å². The van der Waals surface area contributed by atoms with Gasteiger partial charge in [-0.05, 0) is 86.2 Å². The number of ether oxygens (including phenoxy) is 4. The molecule has 0 bridgehead atoms. The van der Waals surface area contributed by atoms with E-state index in [1.807, 2.05) is 80.8 Å². The van der Waals surface area contributed by atoms with Crippen molar-refractivity contribution in [1.29, 1.82) is 0 Å². The molecule has 0 saturated heterocycles. The molecule has 0 saturated carbocycles. The van der Waals surface area contributed by atoms with Crippen molar-refractivity contribution in [3.8, 4) is 28.5 Å². The number of aromatic nitrogens is 6. The third kappa shape index (κ3) is 9.99. The van der Waals surface area contributed by atoms with Crippen molar-refractivity contribution in [3.05, 3.63) is 77.9 Å². The van der Waals surface area contributed by atoms with Gasteiger partial charge in [-0.15, -0.1) is 10.1 Å². The van der Waals surface area contributed by atoms with Gasteiger partial charge in [0.1, 0.15) is 6.61 Å². The Morgan fingerprint density at radius 2 is 1.72 bits per heavy atom. The number of tetrazole rings is 1. The van der Waals surface area contributed by atoms with Crippen LogP contribution in [0.5, 0.6) is 6.01 Å². The number of nitrogens with zero attached hydrogens (tertiary/aromatic N) is 8. The van der Waals surface area contributed by atoms with Gasteiger partial charge in [-0.25, -0.2) is 19.9 Å². The molecular weight excluding hydrogens is 698 g/mol. The lowest BCUT2D eigenvalue weighted by molar-refractivity contribution is -0.946. The lowest BCUT2D eigenvalue weighted by Crippen LogP contribution is -2.43. The number of rotatable bonds is 17. The fourth-order valence-corrected chi connectivity index (χ4v) is 5.33. The molecule has 0 radical (unpaired) electrons. The predicted octanol–water partition coefficient (Wildman–Crippen LogP) is 6.59. The molecule has 0 fully saturated rings. The van der Waals surface area contributed by atoms with E-state index in [4.69, 9.17) is 23.8 Å². The van der Waals surface area contributed by atoms with Crippen LogP contribution in [0.4, 0.5) is 4.79 Å². The summed E-state index contributed by atoms with van der Waals surface area (Å²) in [6.45, 7) is 10.1. The number of H-pyrrole nitrogens is 1. The molecule has 0 aliphatic heterocycles. The summed E-state index contributed by atoms with van der Waals surface area (Å²) < 4.78 is 23.5. The minimum atomic E-state index is -1.23. The summed E-state index contributed by atoms with van der Waals surface area (Å²) in [6.07, 6.45) is -0.350. The number of hydrogen-bond donors (Lipinski definition) is 2. The molecule has 3 aromatic carbocycles. The standard InChI is InChI=1S/C37H46N9O8/c1-7-50-35-38-31-17-13-16-30(34(47)53-25(2)54-36(48)51-22-11-8-12-23-52-43-46(49)44(6)37(3,4)5)32(31)45(35)24-26-18-20-27(21-19-26)28-14-9-10-15-29(28)33-39-41-42-40-33/h9-10,13-21,25H,7-8,11-12,22-24H2,1-6H3,(H,43,49)(H,39,40,41,42)/q+1. The first-order chi connectivity index (χ1) is 26.0. The molecule has 17 nitrogen and oxygen atoms in total. The van der Waals surface area contributed by atoms with Crippen LogP contribution in [-0.4, -0.2) is 96.2 Å². The van der Waals surface area contributed by atoms with E-state index in [0.717, 1.165) is 22.3 Å². The zero-order valence-electron chi connectivity index (χ0n) is 31.3. The average Bonchev–Trinajstić information content (AvgIpc) is 3.81. The number of fused-ring (bicyclic) bond motifs is 1. The van der Waals surface area contributed by atoms with Gasteiger partial charge in [0.2, 0.25) is 6.29 Å². The zero-order chi connectivity index (χ0) is 38.7. The van der Waals surface area contributed by atoms with Gasteiger partial charge in [-0.2, -0.15) is 4.98 Å². The Bertz CT molecular complexity index is 2030. The van der Waals surface area contributed by atoms with Gasteiger partial charge in [0.15, 0.2) is 5.82 Å². The molecular formula is C37H46N9O8+. The molecule has 0 spiro atoms. The normalized spacial score (nSPS) is 12.3. The van der Waals surface area contributed by atoms with Gasteiger partial charge in [0.25, 0.3) is 16.3 Å². The number of aromatic amines is 1. The molecule has 5 rings (SSSR count). The van der Waals surface area contributed by atoms with Gasteiger partial charge in [-0.1, -0.05) is 54.6 Å². The third-order valence-electron chi connectivity index (χ3n) is 8.36. The van der Waals surface area contributed by atoms with Gasteiger partial charge >= 0.3 is 12.1 Å². The number of hydrazine groups is 1. The maximum Gasteiger partial charge on any atom is 0.511 e. The molecule has 0 aliphatic carbocycles. The molecule has 286 valence electrons. The Kier molecular flexibility index (Phi) is 13.0. The molecule has 2 heterocycles. The fourth-order valence-electron chi connectivity index (χ4n) is 5.33. The Balaban J connectivity index is 1.17. The maximum atomic E-state index is 13.5. The second-order valence-corrected chi connectivity index (χ2v) is 13.2. The first kappa shape index (κ1) is 39.0. The molecule has 2 aromatic heterocycles. The van der Waals surface area contributed by atoms with Crippen molar-refractivity contribution in [2.45, 2.75) is 72.3 Å². The Morgan fingerprint density at radius 3 is 2.43 bits per heavy atom. The first-order valence-electron chi connectivity index (χ1n) is 17.6. The van der Waals surface area contributed by atoms with E-state index in [9.17, 15) is 14.8 Å². The second kappa shape index (κ2) is 18.0. The molecule has 0 aliphatic rings. The Labute approximate surface area is 312 Å². The highest BCUT2D eigenvalue weighted by atomic mass is 16.8. The van der Waals surface area contributed by atoms with E-state index < -0.39 is 18.4 Å². The molecule has 2 N–H and O–H groups in total. The smallest absolute Gasteiger partial charge is 0.465 e. The lowest BCUT2D eigenvalue weighted by atomic mass is 9.98. The Morgan fingerprint density at radius 1 is 0.981 bits per heavy atom. The molecule has 1 atom stereocenters. The number of nitrogens with one attached hydrogen (secondary N) is 1. The van der Waals surface area contributed by atoms with Crippen LogP contribution in [0.2, 0.25) is 0 Å². The highest BCUT2D eigenvalue weighted by molar-refractivity contribution is 6.02. The van der Waals surface area contributed by atoms with Crippen molar-refractivity contribution < 1.29 is 43.6 Å². The van der Waals surface area contributed by atoms with Gasteiger partial charge in [0, 0.05) is 12.5 Å². The summed E-state index contributed by atoms with van der Waals surface area (Å²) in [5.41, 5.74) is 4.68. The summed E-state index contributed by atoms with van der Waals surface area (Å²) in [6, 6.07) is 21.3. The van der Waals surface area contributed by atoms with E-state index in [0.29, 0.717) is 60.3 Å². The number of esters is 1. The topological polar surface area (TPSA) is 191 Å². The van der Waals surface area contributed by atoms with Crippen molar-refractivity contribution >= 4 is 23.2 Å². The number of unbranched alkanes of at least 4 members (excludes halogenated alkanes) is 2. The largest absolute Gasteiger partial charge is 0.511 e. The number of imidazole rings is 1. The van der Waals surface area contributed by atoms with Crippen LogP contribution in [0.3, 0.4) is 0 Å². The maximum absolute atomic E-state index is 13.5. The van der Waals surface area contributed by atoms with E-state index in [-0.39, 0.29) is 24.3 Å². The fraction of sp³-hybridized carbons (Fsp3) is 0.405. The predicted molar refractivity (Wildman–Crippen MR) is 194 cm³/mol. The molecule has 1 unspecified atom stereocenters. The van der Waals surface area contributed by atoms with Crippen LogP contribution >= 0.6 is 0 Å². The van der Waals surface area contributed by atoms with Crippen molar-refractivity contribution in [2.75, 3.05) is 26.9 Å². The molecule has 0 amide bonds. The van der Waals surface area contributed by atoms with Crippen LogP contribution < -0.4 is 4.74 Å². The van der Waals surface area contributed by atoms with Gasteiger partial charge in [-0.3, -0.25) is 4.57 Å². The van der Waals surface area contributed by atoms with Crippen LogP contribution in [-0.2, 0) is 25.6 Å². The summed E-state index contributed by atoms with van der Waals surface area (Å²) in [5.74, 6) is -0.140. The molecule has 54 heavy (non-hydrogen) atoms. The monoisotopic (exact) mass is 744 g/mol. The van der Waals surface area contributed by atoms with Crippen molar-refractivity contribution in [2.24, 2.45) is 5.28 Å². The number of benzene rings is 3. The number of hydrogen-bond acceptors (Lipinski definition) is 12. The van der Waals surface area contributed by atoms with E-state index in [1.165, 1.54) is 11.9 Å². The summed E-state index contributed by atoms with van der Waals surface area (Å²) >= 11 is 0. The first-order valence-corrected chi connectivity index (χ1v) is 17.6. The summed E-state index contributed by atoms with van der Waals surface area (Å²) in [4.78, 5) is 36.2. The minimum Gasteiger partial charge on any atom is -0.465 e. The highest BCUT2D eigenvalue weighted by Crippen LogP contribution is 2.31. The van der Waals surface area contributed by atoms with Crippen molar-refractivity contribution in [3.63, 3.8) is 0 Å². The van der Waals surface area contributed by atoms with E-state index in [1.54, 1.807) is 25.2 Å². The summed E-state index contributed by atoms with van der Waals surface area (Å²) in [7, 11) is 1.68. The molecule has 17 heteroatoms. The van der Waals surface area contributed by atoms with Crippen molar-refractivity contribution in [1.82, 2.24) is 35.2 Å². The highest BCUT2D eigenvalue weighted by Gasteiger charge is 2.28. The van der Waals surface area contributed by atoms with Gasteiger partial charge < -0.3 is 23.8 Å². The third-order valence-corrected chi connectivity index (χ3v) is 8.36. The Hall–Kier alpha value is -6.26. The summed E-state index contributed by atoms with van der Waals surface area (Å²) in [5, 5.41) is 29.3. The number of carbonyl (C=O) groups excluding carboxylic acids is 2. The van der Waals surface area contributed by atoms with Crippen LogP contribution in [0.1, 0.15) is 69.8 Å². The average molecular weight is 745 g/mol. The van der Waals surface area contributed by atoms with E-state index >= 15 is 0 Å². The number of carbonyl (C=O) groups is 2. The lowest BCUT2D eigenvalue weighted by Gasteiger charge is -2.21. The SMILES string of the molecule is CCOc1nc2cccc(C(=O)OC(C)OC(=O)OCCCCCO/N=[N+](\O)N(C)C(C)(C)C)c2n1Cc1ccc(-c2ccccc2-c2nnn[nH]2)cc1. The molecule has 5 aromatic rings. The van der Waals surface area contributed by atoms with E-state index in [2.05, 4.69) is 30.9 Å². The van der Waals surface area contributed by atoms with Crippen LogP contribution in [0, 0.1) is 0 Å². The number of para-hydroxylation sites is 1. The second-order valence-electron chi connectivity index (χ2n) is 13.2. The van der Waals surface area contributed by atoms with Gasteiger partial charge in [0.05, 0.1) is 48.9 Å². The zero-order valence-corrected chi connectivity index (χ0v) is 31.3. The van der Waals surface area contributed by atoms with Crippen LogP contribution in [0.25, 0.3) is 33.5 Å².